The van der Waals surface area contributed by atoms with Gasteiger partial charge in [-0.3, -0.25) is 4.99 Å². The Balaban J connectivity index is 0.00000168. The van der Waals surface area contributed by atoms with Gasteiger partial charge < -0.3 is 19.7 Å². The summed E-state index contributed by atoms with van der Waals surface area (Å²) in [5.41, 5.74) is 0.781. The van der Waals surface area contributed by atoms with Crippen LogP contribution in [-0.2, 0) is 9.47 Å². The molecule has 5 rings (SSSR count). The van der Waals surface area contributed by atoms with Gasteiger partial charge in [0.15, 0.2) is 5.96 Å². The Bertz CT molecular complexity index is 543. The molecule has 2 aliphatic carbocycles. The summed E-state index contributed by atoms with van der Waals surface area (Å²) in [5.74, 6) is 1.86. The molecule has 2 saturated carbocycles. The number of hydrogen-bond donors (Lipinski definition) is 1. The van der Waals surface area contributed by atoms with Crippen LogP contribution in [-0.4, -0.2) is 62.5 Å². The lowest BCUT2D eigenvalue weighted by atomic mass is 9.54. The van der Waals surface area contributed by atoms with Crippen molar-refractivity contribution in [2.75, 3.05) is 39.5 Å². The molecule has 3 aliphatic heterocycles. The highest BCUT2D eigenvalue weighted by Crippen LogP contribution is 2.60. The number of fused-ring (bicyclic) bond motifs is 2. The van der Waals surface area contributed by atoms with E-state index in [0.29, 0.717) is 28.9 Å². The molecule has 5 aliphatic rings. The van der Waals surface area contributed by atoms with Crippen LogP contribution >= 0.6 is 24.0 Å². The van der Waals surface area contributed by atoms with E-state index in [1.54, 1.807) is 0 Å². The fraction of sp³-hybridized carbons (Fsp3) is 0.950. The smallest absolute Gasteiger partial charge is 0.194 e. The summed E-state index contributed by atoms with van der Waals surface area (Å²) < 4.78 is 11.9. The van der Waals surface area contributed by atoms with Gasteiger partial charge in [-0.15, -0.1) is 24.0 Å². The zero-order valence-corrected chi connectivity index (χ0v) is 18.4. The van der Waals surface area contributed by atoms with Crippen LogP contribution in [0.5, 0.6) is 0 Å². The molecule has 1 N–H and O–H groups in total. The van der Waals surface area contributed by atoms with Crippen LogP contribution in [0, 0.1) is 16.7 Å². The van der Waals surface area contributed by atoms with Gasteiger partial charge >= 0.3 is 0 Å². The Morgan fingerprint density at radius 2 is 2.04 bits per heavy atom. The van der Waals surface area contributed by atoms with Crippen molar-refractivity contribution in [2.24, 2.45) is 21.7 Å². The second-order valence-electron chi connectivity index (χ2n) is 9.08. The number of aliphatic imine (C=N–C) groups is 1. The standard InChI is InChI=1S/C20H33N3O2.HI/c1-2-21-18(23-10-8-19(13-23)9-12-24-14-19)22-16-15-5-11-25-17(15)20(16)6-3-4-7-20;/h15-17H,2-14H2,1H3,(H,21,22);1H. The first-order valence-corrected chi connectivity index (χ1v) is 10.5. The van der Waals surface area contributed by atoms with E-state index >= 15 is 0 Å². The van der Waals surface area contributed by atoms with Crippen molar-refractivity contribution in [3.63, 3.8) is 0 Å². The molecule has 26 heavy (non-hydrogen) atoms. The molecule has 0 radical (unpaired) electrons. The van der Waals surface area contributed by atoms with Gasteiger partial charge in [0.2, 0.25) is 0 Å². The van der Waals surface area contributed by atoms with Crippen LogP contribution in [0.4, 0.5) is 0 Å². The van der Waals surface area contributed by atoms with Crippen molar-refractivity contribution in [1.29, 1.82) is 0 Å². The maximum Gasteiger partial charge on any atom is 0.194 e. The number of nitrogens with one attached hydrogen (secondary N) is 1. The molecule has 5 nitrogen and oxygen atoms in total. The highest BCUT2D eigenvalue weighted by atomic mass is 127. The minimum absolute atomic E-state index is 0. The van der Waals surface area contributed by atoms with Gasteiger partial charge in [0.05, 0.1) is 12.7 Å². The van der Waals surface area contributed by atoms with Gasteiger partial charge in [0, 0.05) is 55.6 Å². The summed E-state index contributed by atoms with van der Waals surface area (Å²) in [6.07, 6.45) is 9.62. The van der Waals surface area contributed by atoms with E-state index < -0.39 is 0 Å². The molecule has 3 saturated heterocycles. The highest BCUT2D eigenvalue weighted by molar-refractivity contribution is 14.0. The number of nitrogens with zero attached hydrogens (tertiary/aromatic N) is 2. The number of guanidine groups is 1. The average molecular weight is 475 g/mol. The first-order valence-electron chi connectivity index (χ1n) is 10.5. The fourth-order valence-electron chi connectivity index (χ4n) is 6.52. The summed E-state index contributed by atoms with van der Waals surface area (Å²) in [6.45, 7) is 8.08. The average Bonchev–Trinajstić information content (AvgIpc) is 3.40. The Hall–Kier alpha value is -0.0800. The number of rotatable bonds is 2. The van der Waals surface area contributed by atoms with Gasteiger partial charge in [-0.05, 0) is 39.0 Å². The third-order valence-electron chi connectivity index (χ3n) is 7.80. The monoisotopic (exact) mass is 475 g/mol. The largest absolute Gasteiger partial charge is 0.381 e. The predicted octanol–water partition coefficient (Wildman–Crippen LogP) is 3.03. The Morgan fingerprint density at radius 1 is 1.19 bits per heavy atom. The number of halogens is 1. The van der Waals surface area contributed by atoms with Crippen molar-refractivity contribution >= 4 is 29.9 Å². The normalized spacial score (nSPS) is 40.7. The van der Waals surface area contributed by atoms with Gasteiger partial charge in [0.1, 0.15) is 0 Å². The first kappa shape index (κ1) is 19.2. The summed E-state index contributed by atoms with van der Waals surface area (Å²) in [7, 11) is 0. The van der Waals surface area contributed by atoms with Crippen molar-refractivity contribution in [1.82, 2.24) is 10.2 Å². The Morgan fingerprint density at radius 3 is 2.77 bits per heavy atom. The molecule has 0 bridgehead atoms. The fourth-order valence-corrected chi connectivity index (χ4v) is 6.52. The molecule has 0 aromatic rings. The maximum atomic E-state index is 6.15. The van der Waals surface area contributed by atoms with E-state index in [1.165, 1.54) is 44.9 Å². The summed E-state index contributed by atoms with van der Waals surface area (Å²) >= 11 is 0. The number of ether oxygens (including phenoxy) is 2. The number of likely N-dealkylation sites (tertiary alicyclic amines) is 1. The quantitative estimate of drug-likeness (QED) is 0.379. The van der Waals surface area contributed by atoms with E-state index in [-0.39, 0.29) is 24.0 Å². The number of hydrogen-bond acceptors (Lipinski definition) is 3. The van der Waals surface area contributed by atoms with Gasteiger partial charge in [-0.25, -0.2) is 0 Å². The predicted molar refractivity (Wildman–Crippen MR) is 113 cm³/mol. The molecule has 148 valence electrons. The zero-order chi connectivity index (χ0) is 16.9. The second kappa shape index (κ2) is 7.39. The highest BCUT2D eigenvalue weighted by Gasteiger charge is 2.65. The van der Waals surface area contributed by atoms with Crippen LogP contribution < -0.4 is 5.32 Å². The minimum atomic E-state index is 0. The molecule has 3 heterocycles. The lowest BCUT2D eigenvalue weighted by Crippen LogP contribution is -2.69. The van der Waals surface area contributed by atoms with E-state index in [0.717, 1.165) is 45.4 Å². The van der Waals surface area contributed by atoms with E-state index in [4.69, 9.17) is 14.5 Å². The Labute approximate surface area is 174 Å². The SMILES string of the molecule is CCN=C(NC1C2CCOC2C12CCCC2)N1CCC2(CCOC2)C1.I. The molecule has 4 unspecified atom stereocenters. The topological polar surface area (TPSA) is 46.1 Å². The molecule has 6 heteroatoms. The van der Waals surface area contributed by atoms with Crippen molar-refractivity contribution in [3.05, 3.63) is 0 Å². The molecular weight excluding hydrogens is 441 g/mol. The third kappa shape index (κ3) is 2.89. The first-order chi connectivity index (χ1) is 12.3. The Kier molecular flexibility index (Phi) is 5.47. The molecule has 4 atom stereocenters. The lowest BCUT2D eigenvalue weighted by molar-refractivity contribution is -0.125. The molecule has 0 aromatic heterocycles. The lowest BCUT2D eigenvalue weighted by Gasteiger charge is -2.57. The van der Waals surface area contributed by atoms with Crippen LogP contribution in [0.2, 0.25) is 0 Å². The molecule has 2 spiro atoms. The molecule has 5 fully saturated rings. The van der Waals surface area contributed by atoms with Crippen molar-refractivity contribution in [3.8, 4) is 0 Å². The van der Waals surface area contributed by atoms with Crippen molar-refractivity contribution in [2.45, 2.75) is 64.0 Å². The van der Waals surface area contributed by atoms with Crippen LogP contribution in [0.3, 0.4) is 0 Å². The van der Waals surface area contributed by atoms with Gasteiger partial charge in [0.25, 0.3) is 0 Å². The van der Waals surface area contributed by atoms with E-state index in [1.807, 2.05) is 0 Å². The zero-order valence-electron chi connectivity index (χ0n) is 16.0. The van der Waals surface area contributed by atoms with E-state index in [9.17, 15) is 0 Å². The minimum Gasteiger partial charge on any atom is -0.381 e. The van der Waals surface area contributed by atoms with Crippen LogP contribution in [0.15, 0.2) is 4.99 Å². The summed E-state index contributed by atoms with van der Waals surface area (Å²) in [5, 5.41) is 3.96. The van der Waals surface area contributed by atoms with Gasteiger partial charge in [-0.2, -0.15) is 0 Å². The third-order valence-corrected chi connectivity index (χ3v) is 7.80. The molecule has 0 amide bonds. The molecular formula is C20H34IN3O2. The van der Waals surface area contributed by atoms with E-state index in [2.05, 4.69) is 17.1 Å². The summed E-state index contributed by atoms with van der Waals surface area (Å²) in [4.78, 5) is 7.42. The second-order valence-corrected chi connectivity index (χ2v) is 9.08. The molecule has 0 aromatic carbocycles. The van der Waals surface area contributed by atoms with Crippen molar-refractivity contribution < 1.29 is 9.47 Å². The van der Waals surface area contributed by atoms with Crippen LogP contribution in [0.25, 0.3) is 0 Å². The summed E-state index contributed by atoms with van der Waals surface area (Å²) in [6, 6.07) is 0.573. The maximum absolute atomic E-state index is 6.15. The van der Waals surface area contributed by atoms with Crippen LogP contribution in [0.1, 0.15) is 51.9 Å². The van der Waals surface area contributed by atoms with Gasteiger partial charge in [-0.1, -0.05) is 12.8 Å².